The highest BCUT2D eigenvalue weighted by Gasteiger charge is 2.13. The second-order valence-corrected chi connectivity index (χ2v) is 6.92. The molecule has 0 spiro atoms. The number of hydrogen-bond acceptors (Lipinski definition) is 2. The largest absolute Gasteiger partial charge is 0.390 e. The van der Waals surface area contributed by atoms with Crippen molar-refractivity contribution in [2.45, 2.75) is 26.1 Å². The fourth-order valence-electron chi connectivity index (χ4n) is 3.56. The van der Waals surface area contributed by atoms with Crippen LogP contribution in [0.15, 0.2) is 72.8 Å². The van der Waals surface area contributed by atoms with Crippen molar-refractivity contribution in [2.75, 3.05) is 6.54 Å². The van der Waals surface area contributed by atoms with Gasteiger partial charge in [0.05, 0.1) is 12.6 Å². The summed E-state index contributed by atoms with van der Waals surface area (Å²) < 4.78 is 2.23. The van der Waals surface area contributed by atoms with Crippen LogP contribution in [0.1, 0.15) is 11.1 Å². The number of hydrogen-bond donors (Lipinski definition) is 2. The number of aliphatic hydroxyl groups is 1. The van der Waals surface area contributed by atoms with E-state index >= 15 is 0 Å². The molecule has 1 aromatic heterocycles. The molecule has 0 aliphatic rings. The second kappa shape index (κ2) is 7.32. The van der Waals surface area contributed by atoms with Crippen LogP contribution in [0, 0.1) is 6.92 Å². The van der Waals surface area contributed by atoms with E-state index < -0.39 is 6.10 Å². The molecule has 0 amide bonds. The molecule has 0 aliphatic heterocycles. The minimum atomic E-state index is -0.445. The maximum atomic E-state index is 10.6. The summed E-state index contributed by atoms with van der Waals surface area (Å²) in [4.78, 5) is 0. The van der Waals surface area contributed by atoms with E-state index in [9.17, 15) is 5.11 Å². The minimum Gasteiger partial charge on any atom is -0.390 e. The van der Waals surface area contributed by atoms with Gasteiger partial charge < -0.3 is 15.0 Å². The Morgan fingerprint density at radius 1 is 0.846 bits per heavy atom. The first-order valence-corrected chi connectivity index (χ1v) is 9.12. The molecule has 0 radical (unpaired) electrons. The summed E-state index contributed by atoms with van der Waals surface area (Å²) in [6, 6.07) is 25.3. The molecule has 4 aromatic rings. The van der Waals surface area contributed by atoms with Gasteiger partial charge in [0.2, 0.25) is 0 Å². The molecule has 1 heterocycles. The van der Waals surface area contributed by atoms with Crippen molar-refractivity contribution in [1.82, 2.24) is 9.88 Å². The molecule has 0 bridgehead atoms. The van der Waals surface area contributed by atoms with Crippen molar-refractivity contribution in [3.8, 4) is 0 Å². The van der Waals surface area contributed by atoms with Crippen LogP contribution in [0.3, 0.4) is 0 Å². The van der Waals surface area contributed by atoms with E-state index in [4.69, 9.17) is 0 Å². The molecule has 4 rings (SSSR count). The molecule has 3 nitrogen and oxygen atoms in total. The molecule has 0 aliphatic carbocycles. The first-order valence-electron chi connectivity index (χ1n) is 9.12. The predicted octanol–water partition coefficient (Wildman–Crippen LogP) is 4.25. The number of aliphatic hydroxyl groups excluding tert-OH is 1. The normalized spacial score (nSPS) is 12.7. The van der Waals surface area contributed by atoms with Gasteiger partial charge in [-0.15, -0.1) is 0 Å². The van der Waals surface area contributed by atoms with Crippen molar-refractivity contribution in [1.29, 1.82) is 0 Å². The topological polar surface area (TPSA) is 37.2 Å². The van der Waals surface area contributed by atoms with Crippen molar-refractivity contribution < 1.29 is 5.11 Å². The average molecular weight is 344 g/mol. The lowest BCUT2D eigenvalue weighted by molar-refractivity contribution is 0.154. The van der Waals surface area contributed by atoms with E-state index in [1.807, 2.05) is 0 Å². The van der Waals surface area contributed by atoms with Crippen LogP contribution in [0.2, 0.25) is 0 Å². The maximum absolute atomic E-state index is 10.6. The predicted molar refractivity (Wildman–Crippen MR) is 108 cm³/mol. The second-order valence-electron chi connectivity index (χ2n) is 6.92. The van der Waals surface area contributed by atoms with Crippen LogP contribution in [-0.2, 0) is 13.1 Å². The van der Waals surface area contributed by atoms with E-state index in [1.54, 1.807) is 0 Å². The first kappa shape index (κ1) is 16.8. The Morgan fingerprint density at radius 3 is 2.04 bits per heavy atom. The van der Waals surface area contributed by atoms with Crippen LogP contribution >= 0.6 is 0 Å². The van der Waals surface area contributed by atoms with Gasteiger partial charge in [-0.25, -0.2) is 0 Å². The van der Waals surface area contributed by atoms with Gasteiger partial charge in [0.25, 0.3) is 0 Å². The Hall–Kier alpha value is -2.62. The molecule has 132 valence electrons. The quantitative estimate of drug-likeness (QED) is 0.548. The summed E-state index contributed by atoms with van der Waals surface area (Å²) in [5.41, 5.74) is 4.84. The Kier molecular flexibility index (Phi) is 4.74. The summed E-state index contributed by atoms with van der Waals surface area (Å²) in [5, 5.41) is 16.4. The monoisotopic (exact) mass is 344 g/mol. The fraction of sp³-hybridized carbons (Fsp3) is 0.217. The zero-order valence-electron chi connectivity index (χ0n) is 15.0. The highest BCUT2D eigenvalue weighted by atomic mass is 16.3. The number of nitrogens with one attached hydrogen (secondary N) is 1. The third-order valence-corrected chi connectivity index (χ3v) is 4.90. The molecule has 26 heavy (non-hydrogen) atoms. The lowest BCUT2D eigenvalue weighted by atomic mass is 10.1. The van der Waals surface area contributed by atoms with E-state index in [2.05, 4.69) is 89.6 Å². The zero-order valence-corrected chi connectivity index (χ0v) is 15.0. The van der Waals surface area contributed by atoms with Crippen molar-refractivity contribution in [3.05, 3.63) is 83.9 Å². The maximum Gasteiger partial charge on any atom is 0.0843 e. The van der Waals surface area contributed by atoms with E-state index in [0.717, 1.165) is 6.54 Å². The van der Waals surface area contributed by atoms with Crippen LogP contribution < -0.4 is 5.32 Å². The molecule has 3 heteroatoms. The summed E-state index contributed by atoms with van der Waals surface area (Å²) in [6.07, 6.45) is -0.445. The molecule has 3 aromatic carbocycles. The van der Waals surface area contributed by atoms with Crippen LogP contribution in [0.4, 0.5) is 0 Å². The van der Waals surface area contributed by atoms with Crippen LogP contribution in [-0.4, -0.2) is 22.3 Å². The standard InChI is InChI=1S/C23H24N2O/c1-17-10-12-18(13-11-17)14-24-15-19(26)16-25-22-8-4-2-6-20(22)21-7-3-5-9-23(21)25/h2-13,19,24,26H,14-16H2,1H3/t19-/m1/s1. The van der Waals surface area contributed by atoms with Gasteiger partial charge >= 0.3 is 0 Å². The highest BCUT2D eigenvalue weighted by Crippen LogP contribution is 2.28. The number of aromatic nitrogens is 1. The fourth-order valence-corrected chi connectivity index (χ4v) is 3.56. The number of para-hydroxylation sites is 2. The Balaban J connectivity index is 1.48. The van der Waals surface area contributed by atoms with Crippen molar-refractivity contribution in [3.63, 3.8) is 0 Å². The summed E-state index contributed by atoms with van der Waals surface area (Å²) in [7, 11) is 0. The van der Waals surface area contributed by atoms with Gasteiger partial charge in [0, 0.05) is 34.9 Å². The van der Waals surface area contributed by atoms with Gasteiger partial charge in [-0.2, -0.15) is 0 Å². The number of nitrogens with zero attached hydrogens (tertiary/aromatic N) is 1. The van der Waals surface area contributed by atoms with Crippen molar-refractivity contribution >= 4 is 21.8 Å². The molecular weight excluding hydrogens is 320 g/mol. The number of aryl methyl sites for hydroxylation is 1. The first-order chi connectivity index (χ1) is 12.7. The van der Waals surface area contributed by atoms with Gasteiger partial charge in [-0.3, -0.25) is 0 Å². The van der Waals surface area contributed by atoms with E-state index in [-0.39, 0.29) is 0 Å². The zero-order chi connectivity index (χ0) is 17.9. The summed E-state index contributed by atoms with van der Waals surface area (Å²) in [6.45, 7) is 4.00. The average Bonchev–Trinajstić information content (AvgIpc) is 2.98. The Labute approximate surface area is 153 Å². The molecule has 1 atom stereocenters. The molecule has 2 N–H and O–H groups in total. The number of rotatable bonds is 6. The summed E-state index contributed by atoms with van der Waals surface area (Å²) in [5.74, 6) is 0. The Bertz CT molecular complexity index is 964. The molecule has 0 unspecified atom stereocenters. The molecular formula is C23H24N2O. The van der Waals surface area contributed by atoms with Gasteiger partial charge in [0.15, 0.2) is 0 Å². The van der Waals surface area contributed by atoms with Gasteiger partial charge in [0.1, 0.15) is 0 Å². The molecule has 0 fully saturated rings. The summed E-state index contributed by atoms with van der Waals surface area (Å²) >= 11 is 0. The third-order valence-electron chi connectivity index (χ3n) is 4.90. The highest BCUT2D eigenvalue weighted by molar-refractivity contribution is 6.07. The van der Waals surface area contributed by atoms with Gasteiger partial charge in [-0.1, -0.05) is 66.2 Å². The van der Waals surface area contributed by atoms with Gasteiger partial charge in [-0.05, 0) is 24.6 Å². The molecule has 0 saturated heterocycles. The smallest absolute Gasteiger partial charge is 0.0843 e. The lowest BCUT2D eigenvalue weighted by Crippen LogP contribution is -2.29. The molecule has 0 saturated carbocycles. The van der Waals surface area contributed by atoms with Crippen molar-refractivity contribution in [2.24, 2.45) is 0 Å². The van der Waals surface area contributed by atoms with Crippen LogP contribution in [0.25, 0.3) is 21.8 Å². The number of fused-ring (bicyclic) bond motifs is 3. The SMILES string of the molecule is Cc1ccc(CNC[C@@H](O)Cn2c3ccccc3c3ccccc32)cc1. The van der Waals surface area contributed by atoms with Crippen LogP contribution in [0.5, 0.6) is 0 Å². The lowest BCUT2D eigenvalue weighted by Gasteiger charge is -2.15. The Morgan fingerprint density at radius 2 is 1.42 bits per heavy atom. The van der Waals surface area contributed by atoms with E-state index in [0.29, 0.717) is 13.1 Å². The third kappa shape index (κ3) is 3.36. The number of benzene rings is 3. The van der Waals surface area contributed by atoms with E-state index in [1.165, 1.54) is 32.9 Å². The minimum absolute atomic E-state index is 0.445.